The second-order valence-corrected chi connectivity index (χ2v) is 8.49. The van der Waals surface area contributed by atoms with E-state index < -0.39 is 0 Å². The Balaban J connectivity index is 1.48. The molecule has 0 radical (unpaired) electrons. The lowest BCUT2D eigenvalue weighted by molar-refractivity contribution is 0.469. The fourth-order valence-corrected chi connectivity index (χ4v) is 4.46. The van der Waals surface area contributed by atoms with E-state index >= 15 is 0 Å². The molecule has 3 heterocycles. The highest BCUT2D eigenvalue weighted by Crippen LogP contribution is 2.37. The van der Waals surface area contributed by atoms with Crippen LogP contribution >= 0.6 is 27.3 Å². The summed E-state index contributed by atoms with van der Waals surface area (Å²) in [5.74, 6) is 1.24. The molecular formula is C21H15BrN6OS. The van der Waals surface area contributed by atoms with E-state index in [1.54, 1.807) is 6.20 Å². The number of aryl methyl sites for hydroxylation is 1. The van der Waals surface area contributed by atoms with Crippen molar-refractivity contribution in [2.24, 2.45) is 0 Å². The standard InChI is InChI=1S/C21H15BrN6OS/c1-11-4-6-14-16(9-11)30-21(27-14)28-19-17(23)20(26-10-25-19)29-15-7-5-13(22)12-3-2-8-24-18(12)15/h2-10H,23H2,1H3,(H,25,26,27,28). The maximum absolute atomic E-state index is 6.31. The number of ether oxygens (including phenoxy) is 1. The number of halogens is 1. The second kappa shape index (κ2) is 7.51. The van der Waals surface area contributed by atoms with Gasteiger partial charge in [0.2, 0.25) is 5.88 Å². The van der Waals surface area contributed by atoms with Crippen molar-refractivity contribution in [3.05, 3.63) is 65.0 Å². The molecule has 3 N–H and O–H groups in total. The van der Waals surface area contributed by atoms with Crippen LogP contribution in [0.2, 0.25) is 0 Å². The number of hydrogen-bond acceptors (Lipinski definition) is 8. The van der Waals surface area contributed by atoms with Gasteiger partial charge in [0, 0.05) is 16.1 Å². The molecule has 2 aromatic carbocycles. The van der Waals surface area contributed by atoms with Crippen molar-refractivity contribution in [2.45, 2.75) is 6.92 Å². The van der Waals surface area contributed by atoms with Gasteiger partial charge in [0.05, 0.1) is 10.2 Å². The minimum absolute atomic E-state index is 0.249. The molecule has 0 aliphatic carbocycles. The molecule has 0 saturated carbocycles. The van der Waals surface area contributed by atoms with E-state index in [9.17, 15) is 0 Å². The lowest BCUT2D eigenvalue weighted by atomic mass is 10.2. The Labute approximate surface area is 184 Å². The number of aromatic nitrogens is 4. The largest absolute Gasteiger partial charge is 0.435 e. The molecule has 5 rings (SSSR count). The first kappa shape index (κ1) is 18.7. The molecule has 0 unspecified atom stereocenters. The van der Waals surface area contributed by atoms with Gasteiger partial charge in [0.1, 0.15) is 17.5 Å². The molecular weight excluding hydrogens is 464 g/mol. The van der Waals surface area contributed by atoms with Crippen LogP contribution in [0.15, 0.2) is 59.5 Å². The van der Waals surface area contributed by atoms with Crippen LogP contribution in [0.4, 0.5) is 16.6 Å². The zero-order valence-electron chi connectivity index (χ0n) is 15.8. The smallest absolute Gasteiger partial charge is 0.248 e. The SMILES string of the molecule is Cc1ccc2nc(Nc3ncnc(Oc4ccc(Br)c5cccnc45)c3N)sc2c1. The number of pyridine rings is 1. The predicted molar refractivity (Wildman–Crippen MR) is 124 cm³/mol. The molecule has 0 spiro atoms. The summed E-state index contributed by atoms with van der Waals surface area (Å²) in [6.45, 7) is 2.05. The number of nitrogens with one attached hydrogen (secondary N) is 1. The Morgan fingerprint density at radius 3 is 2.90 bits per heavy atom. The van der Waals surface area contributed by atoms with E-state index in [1.165, 1.54) is 23.2 Å². The summed E-state index contributed by atoms with van der Waals surface area (Å²) < 4.78 is 8.04. The zero-order valence-corrected chi connectivity index (χ0v) is 18.2. The number of anilines is 3. The fraction of sp³-hybridized carbons (Fsp3) is 0.0476. The molecule has 9 heteroatoms. The minimum Gasteiger partial charge on any atom is -0.435 e. The Hall–Kier alpha value is -3.30. The lowest BCUT2D eigenvalue weighted by Gasteiger charge is -2.12. The first-order valence-corrected chi connectivity index (χ1v) is 10.7. The van der Waals surface area contributed by atoms with Crippen molar-refractivity contribution in [3.63, 3.8) is 0 Å². The summed E-state index contributed by atoms with van der Waals surface area (Å²) in [7, 11) is 0. The molecule has 0 atom stereocenters. The maximum atomic E-state index is 6.31. The highest BCUT2D eigenvalue weighted by Gasteiger charge is 2.15. The lowest BCUT2D eigenvalue weighted by Crippen LogP contribution is -2.03. The minimum atomic E-state index is 0.249. The molecule has 30 heavy (non-hydrogen) atoms. The molecule has 5 aromatic rings. The van der Waals surface area contributed by atoms with E-state index in [-0.39, 0.29) is 5.88 Å². The van der Waals surface area contributed by atoms with E-state index in [0.717, 1.165) is 20.1 Å². The van der Waals surface area contributed by atoms with Gasteiger partial charge in [-0.05, 0) is 42.8 Å². The molecule has 3 aromatic heterocycles. The van der Waals surface area contributed by atoms with Crippen LogP contribution in [-0.4, -0.2) is 19.9 Å². The zero-order chi connectivity index (χ0) is 20.7. The molecule has 0 saturated heterocycles. The van der Waals surface area contributed by atoms with Gasteiger partial charge in [-0.25, -0.2) is 9.97 Å². The second-order valence-electron chi connectivity index (χ2n) is 6.60. The Bertz CT molecular complexity index is 1400. The average Bonchev–Trinajstić information content (AvgIpc) is 3.14. The van der Waals surface area contributed by atoms with Gasteiger partial charge in [0.25, 0.3) is 0 Å². The third-order valence-electron chi connectivity index (χ3n) is 4.50. The van der Waals surface area contributed by atoms with Crippen molar-refractivity contribution >= 4 is 65.0 Å². The molecule has 0 amide bonds. The number of fused-ring (bicyclic) bond motifs is 2. The van der Waals surface area contributed by atoms with E-state index in [1.807, 2.05) is 36.4 Å². The molecule has 7 nitrogen and oxygen atoms in total. The summed E-state index contributed by atoms with van der Waals surface area (Å²) in [4.78, 5) is 17.5. The molecule has 0 fully saturated rings. The normalized spacial score (nSPS) is 11.1. The average molecular weight is 479 g/mol. The third-order valence-corrected chi connectivity index (χ3v) is 6.13. The highest BCUT2D eigenvalue weighted by atomic mass is 79.9. The van der Waals surface area contributed by atoms with Crippen molar-refractivity contribution in [1.82, 2.24) is 19.9 Å². The van der Waals surface area contributed by atoms with E-state index in [0.29, 0.717) is 27.9 Å². The number of benzene rings is 2. The van der Waals surface area contributed by atoms with Crippen LogP contribution in [0.5, 0.6) is 11.6 Å². The maximum Gasteiger partial charge on any atom is 0.248 e. The highest BCUT2D eigenvalue weighted by molar-refractivity contribution is 9.10. The van der Waals surface area contributed by atoms with Gasteiger partial charge in [-0.2, -0.15) is 4.98 Å². The third kappa shape index (κ3) is 3.42. The molecule has 0 aliphatic heterocycles. The van der Waals surface area contributed by atoms with Gasteiger partial charge < -0.3 is 15.8 Å². The summed E-state index contributed by atoms with van der Waals surface area (Å²) in [5.41, 5.74) is 9.41. The Morgan fingerprint density at radius 2 is 2.00 bits per heavy atom. The summed E-state index contributed by atoms with van der Waals surface area (Å²) in [5, 5.41) is 4.81. The number of hydrogen-bond donors (Lipinski definition) is 2. The van der Waals surface area contributed by atoms with Crippen LogP contribution in [-0.2, 0) is 0 Å². The predicted octanol–water partition coefficient (Wildman–Crippen LogP) is 5.82. The number of nitrogens with zero attached hydrogens (tertiary/aromatic N) is 4. The van der Waals surface area contributed by atoms with E-state index in [4.69, 9.17) is 10.5 Å². The van der Waals surface area contributed by atoms with Crippen LogP contribution in [0.3, 0.4) is 0 Å². The Kier molecular flexibility index (Phi) is 4.68. The van der Waals surface area contributed by atoms with Gasteiger partial charge in [-0.3, -0.25) is 4.98 Å². The fourth-order valence-electron chi connectivity index (χ4n) is 3.05. The van der Waals surface area contributed by atoms with Gasteiger partial charge >= 0.3 is 0 Å². The number of rotatable bonds is 4. The first-order valence-electron chi connectivity index (χ1n) is 9.04. The van der Waals surface area contributed by atoms with Crippen molar-refractivity contribution in [2.75, 3.05) is 11.1 Å². The van der Waals surface area contributed by atoms with Gasteiger partial charge in [0.15, 0.2) is 16.7 Å². The summed E-state index contributed by atoms with van der Waals surface area (Å²) in [6, 6.07) is 13.7. The number of thiazole rings is 1. The summed E-state index contributed by atoms with van der Waals surface area (Å²) >= 11 is 5.07. The van der Waals surface area contributed by atoms with E-state index in [2.05, 4.69) is 54.2 Å². The van der Waals surface area contributed by atoms with Gasteiger partial charge in [-0.1, -0.05) is 39.4 Å². The Morgan fingerprint density at radius 1 is 1.10 bits per heavy atom. The quantitative estimate of drug-likeness (QED) is 0.335. The topological polar surface area (TPSA) is 98.8 Å². The van der Waals surface area contributed by atoms with Crippen molar-refractivity contribution in [3.8, 4) is 11.6 Å². The van der Waals surface area contributed by atoms with Crippen molar-refractivity contribution < 1.29 is 4.74 Å². The molecule has 148 valence electrons. The first-order chi connectivity index (χ1) is 14.6. The monoisotopic (exact) mass is 478 g/mol. The van der Waals surface area contributed by atoms with Crippen LogP contribution < -0.4 is 15.8 Å². The van der Waals surface area contributed by atoms with Crippen LogP contribution in [0.1, 0.15) is 5.56 Å². The molecule has 0 aliphatic rings. The summed E-state index contributed by atoms with van der Waals surface area (Å²) in [6.07, 6.45) is 3.12. The van der Waals surface area contributed by atoms with Crippen LogP contribution in [0, 0.1) is 6.92 Å². The van der Waals surface area contributed by atoms with Gasteiger partial charge in [-0.15, -0.1) is 0 Å². The van der Waals surface area contributed by atoms with Crippen molar-refractivity contribution in [1.29, 1.82) is 0 Å². The number of nitrogen functional groups attached to an aromatic ring is 1. The number of nitrogens with two attached hydrogens (primary N) is 1. The van der Waals surface area contributed by atoms with Crippen LogP contribution in [0.25, 0.3) is 21.1 Å². The molecule has 0 bridgehead atoms.